The maximum absolute atomic E-state index is 12.6. The minimum Gasteiger partial charge on any atom is -0.480 e. The van der Waals surface area contributed by atoms with E-state index in [-0.39, 0.29) is 25.3 Å². The number of carboxylic acids is 2. The van der Waals surface area contributed by atoms with Gasteiger partial charge >= 0.3 is 191 Å². The predicted octanol–water partition coefficient (Wildman–Crippen LogP) is 0.407. The molecule has 12 nitrogen and oxygen atoms in total. The molecule has 1 aromatic rings. The number of amides is 1. The van der Waals surface area contributed by atoms with Crippen LogP contribution in [0.25, 0.3) is 0 Å². The molecule has 0 saturated heterocycles. The van der Waals surface area contributed by atoms with Crippen molar-refractivity contribution in [3.05, 3.63) is 29.3 Å². The first kappa shape index (κ1) is 31.6. The average Bonchev–Trinajstić information content (AvgIpc) is 2.85. The number of aliphatic carboxylic acids is 2. The van der Waals surface area contributed by atoms with E-state index in [0.29, 0.717) is 44.4 Å². The Kier molecular flexibility index (Phi) is 13.6. The van der Waals surface area contributed by atoms with Crippen LogP contribution in [0, 0.1) is 24.7 Å². The number of carboxylic acid groups (broad SMARTS) is 2. The molecule has 5 N–H and O–H groups in total. The number of carbonyl (C=O) groups is 3. The number of hydrogen-bond donors (Lipinski definition) is 5. The van der Waals surface area contributed by atoms with E-state index < -0.39 is 18.0 Å². The van der Waals surface area contributed by atoms with Crippen LogP contribution in [-0.4, -0.2) is 88.3 Å². The van der Waals surface area contributed by atoms with Crippen molar-refractivity contribution in [2.45, 2.75) is 59.0 Å². The molecule has 0 radical (unpaired) electrons. The Morgan fingerprint density at radius 2 is 1.76 bits per heavy atom. The minimum atomic E-state index is -0.982. The molecule has 1 unspecified atom stereocenters. The largest absolute Gasteiger partial charge is 0.480 e. The van der Waals surface area contributed by atoms with Gasteiger partial charge in [0, 0.05) is 0 Å². The smallest absolute Gasteiger partial charge is 0.317 e. The molecule has 0 spiro atoms. The van der Waals surface area contributed by atoms with E-state index in [1.54, 1.807) is 6.92 Å². The molecule has 1 heterocycles. The van der Waals surface area contributed by atoms with Crippen LogP contribution in [0.5, 0.6) is 0 Å². The van der Waals surface area contributed by atoms with Crippen molar-refractivity contribution in [2.24, 2.45) is 10.2 Å². The van der Waals surface area contributed by atoms with Gasteiger partial charge < -0.3 is 5.11 Å². The summed E-state index contributed by atoms with van der Waals surface area (Å²) < 4.78 is 1.06. The maximum Gasteiger partial charge on any atom is 0.317 e. The second-order valence-corrected chi connectivity index (χ2v) is 10.8. The zero-order chi connectivity index (χ0) is 28.1. The molecule has 13 heteroatoms. The number of amidine groups is 2. The molecule has 1 amide bonds. The Morgan fingerprint density at radius 1 is 1.03 bits per heavy atom. The topological polar surface area (TPSA) is 159 Å². The molecule has 2 rings (SSSR count). The van der Waals surface area contributed by atoms with E-state index in [1.807, 2.05) is 41.8 Å². The number of hydrogen-bond acceptors (Lipinski definition) is 9. The third-order valence-corrected chi connectivity index (χ3v) is 6.71. The number of nitrogens with zero attached hydrogens (tertiary/aromatic N) is 4. The fourth-order valence-electron chi connectivity index (χ4n) is 4.12. The molecule has 38 heavy (non-hydrogen) atoms. The molecule has 0 aromatic heterocycles. The van der Waals surface area contributed by atoms with Gasteiger partial charge in [-0.1, -0.05) is 13.8 Å². The maximum atomic E-state index is 12.6. The van der Waals surface area contributed by atoms with Crippen LogP contribution in [0.2, 0.25) is 0 Å². The zero-order valence-corrected chi connectivity index (χ0v) is 25.1. The summed E-state index contributed by atoms with van der Waals surface area (Å²) in [6.45, 7) is 8.02. The zero-order valence-electron chi connectivity index (χ0n) is 22.2. The minimum absolute atomic E-state index is 0.0688. The third kappa shape index (κ3) is 11.0. The Bertz CT molecular complexity index is 1030. The molecular formula is C25H38AtN7O5. The van der Waals surface area contributed by atoms with Crippen molar-refractivity contribution in [1.82, 2.24) is 26.0 Å². The van der Waals surface area contributed by atoms with Crippen LogP contribution in [0.3, 0.4) is 0 Å². The van der Waals surface area contributed by atoms with E-state index in [0.717, 1.165) is 27.2 Å². The molecule has 0 aliphatic carbocycles. The Labute approximate surface area is 238 Å². The summed E-state index contributed by atoms with van der Waals surface area (Å²) in [6, 6.07) is 5.08. The van der Waals surface area contributed by atoms with Crippen LogP contribution in [-0.2, 0) is 20.9 Å². The van der Waals surface area contributed by atoms with Gasteiger partial charge in [-0.15, -0.1) is 0 Å². The van der Waals surface area contributed by atoms with Gasteiger partial charge in [0.2, 0.25) is 0 Å². The Balaban J connectivity index is 1.95. The molecule has 1 atom stereocenters. The molecule has 1 aliphatic rings. The fraction of sp³-hybridized carbons (Fsp3) is 0.560. The van der Waals surface area contributed by atoms with Crippen molar-refractivity contribution in [1.29, 1.82) is 0 Å². The molecule has 0 fully saturated rings. The monoisotopic (exact) mass is 726 g/mol. The summed E-state index contributed by atoms with van der Waals surface area (Å²) in [5, 5.41) is 30.3. The van der Waals surface area contributed by atoms with Crippen molar-refractivity contribution in [2.75, 3.05) is 32.7 Å². The molecule has 1 aliphatic heterocycles. The van der Waals surface area contributed by atoms with Crippen LogP contribution < -0.4 is 19.4 Å². The summed E-state index contributed by atoms with van der Waals surface area (Å²) in [7, 11) is 0. The van der Waals surface area contributed by atoms with Crippen molar-refractivity contribution < 1.29 is 49.3 Å². The summed E-state index contributed by atoms with van der Waals surface area (Å²) in [4.78, 5) is 39.5. The number of carbonyl (C=O) groups excluding carboxylic acids is 1. The van der Waals surface area contributed by atoms with Gasteiger partial charge in [0.1, 0.15) is 0 Å². The van der Waals surface area contributed by atoms with Crippen LogP contribution >= 0.6 is 0 Å². The summed E-state index contributed by atoms with van der Waals surface area (Å²) >= 11 is 1.50. The van der Waals surface area contributed by atoms with Crippen molar-refractivity contribution >= 4 is 32.8 Å². The van der Waals surface area contributed by atoms with Gasteiger partial charge in [-0.3, -0.25) is 9.69 Å². The number of rotatable bonds is 17. The third-order valence-electron chi connectivity index (χ3n) is 5.86. The molecule has 210 valence electrons. The second kappa shape index (κ2) is 16.4. The predicted molar refractivity (Wildman–Crippen MR) is 141 cm³/mol. The van der Waals surface area contributed by atoms with E-state index in [2.05, 4.69) is 26.4 Å². The van der Waals surface area contributed by atoms with Crippen LogP contribution in [0.4, 0.5) is 0 Å². The van der Waals surface area contributed by atoms with Gasteiger partial charge in [-0.05, 0) is 13.0 Å². The summed E-state index contributed by atoms with van der Waals surface area (Å²) in [6.07, 6.45) is 1.79. The van der Waals surface area contributed by atoms with E-state index in [9.17, 15) is 19.5 Å². The van der Waals surface area contributed by atoms with Crippen molar-refractivity contribution in [3.8, 4) is 0 Å². The van der Waals surface area contributed by atoms with Crippen molar-refractivity contribution in [3.63, 3.8) is 0 Å². The average molecular weight is 727 g/mol. The second-order valence-electron chi connectivity index (χ2n) is 9.10. The van der Waals surface area contributed by atoms with Crippen LogP contribution in [0.15, 0.2) is 28.4 Å². The number of hydrazone groups is 2. The quantitative estimate of drug-likeness (QED) is 0.153. The van der Waals surface area contributed by atoms with E-state index in [1.165, 1.54) is 24.7 Å². The van der Waals surface area contributed by atoms with E-state index >= 15 is 0 Å². The van der Waals surface area contributed by atoms with Gasteiger partial charge in [-0.25, -0.2) is 0 Å². The Hall–Kier alpha value is -2.63. The molecule has 0 bridgehead atoms. The normalized spacial score (nSPS) is 13.8. The fourth-order valence-corrected chi connectivity index (χ4v) is 5.12. The number of nitrogens with one attached hydrogen (secondary N) is 3. The van der Waals surface area contributed by atoms with E-state index in [4.69, 9.17) is 5.11 Å². The van der Waals surface area contributed by atoms with Gasteiger partial charge in [0.25, 0.3) is 0 Å². The Morgan fingerprint density at radius 3 is 2.37 bits per heavy atom. The summed E-state index contributed by atoms with van der Waals surface area (Å²) in [5.41, 5.74) is 7.49. The molecular weight excluding hydrogens is 688 g/mol. The first-order chi connectivity index (χ1) is 18.1. The first-order valence-electron chi connectivity index (χ1n) is 12.7. The van der Waals surface area contributed by atoms with Gasteiger partial charge in [0.05, 0.1) is 6.54 Å². The molecule has 1 aromatic carbocycles. The SMILES string of the molecule is CCCN(CCN(CCC)C(CCC(=O)NCc1cc([At])cc(C2=NNC(C)=NN2)c1)C(=O)O)CC(=O)O. The summed E-state index contributed by atoms with van der Waals surface area (Å²) in [5.74, 6) is -0.869. The van der Waals surface area contributed by atoms with Gasteiger partial charge in [0.15, 0.2) is 0 Å². The van der Waals surface area contributed by atoms with Gasteiger partial charge in [-0.2, -0.15) is 0 Å². The number of benzene rings is 1. The molecule has 0 saturated carbocycles. The first-order valence-corrected chi connectivity index (χ1v) is 14.2. The standard InChI is InChI=1S/C25H38AtN7O5/c1-4-8-32(16-23(35)36)10-11-33(9-5-2)21(25(37)38)6-7-22(34)27-15-18-12-19(14-20(26)13-18)24-30-28-17(3)29-31-24/h12-14,21H,4-11,15-16H2,1-3H3,(H,27,34)(H,28,29)(H,30,31)(H,35,36)(H,37,38). The van der Waals surface area contributed by atoms with Crippen LogP contribution in [0.1, 0.15) is 57.6 Å².